The zero-order chi connectivity index (χ0) is 10.4. The Kier molecular flexibility index (Phi) is 4.40. The van der Waals surface area contributed by atoms with E-state index in [1.54, 1.807) is 0 Å². The highest BCUT2D eigenvalue weighted by Gasteiger charge is 1.96. The molecular formula is C11H18N2O. The summed E-state index contributed by atoms with van der Waals surface area (Å²) >= 11 is 0. The van der Waals surface area contributed by atoms with Crippen LogP contribution in [0.4, 0.5) is 0 Å². The van der Waals surface area contributed by atoms with E-state index in [2.05, 4.69) is 12.0 Å². The maximum atomic E-state index is 9.00. The molecular weight excluding hydrogens is 176 g/mol. The van der Waals surface area contributed by atoms with Gasteiger partial charge in [-0.3, -0.25) is 4.68 Å². The first-order valence-electron chi connectivity index (χ1n) is 5.12. The van der Waals surface area contributed by atoms with E-state index in [1.807, 2.05) is 30.1 Å². The minimum atomic E-state index is 0.134. The molecule has 1 aromatic rings. The lowest BCUT2D eigenvalue weighted by atomic mass is 10.1. The third-order valence-corrected chi connectivity index (χ3v) is 2.13. The van der Waals surface area contributed by atoms with Gasteiger partial charge in [0.25, 0.3) is 0 Å². The SMILES string of the molecule is CCCn1cc(/C=C(/CC)CO)cn1. The molecule has 3 heteroatoms. The molecule has 0 fully saturated rings. The van der Waals surface area contributed by atoms with Crippen molar-refractivity contribution in [3.05, 3.63) is 23.5 Å². The lowest BCUT2D eigenvalue weighted by Gasteiger charge is -1.97. The number of aromatic nitrogens is 2. The van der Waals surface area contributed by atoms with Crippen LogP contribution in [0.15, 0.2) is 18.0 Å². The van der Waals surface area contributed by atoms with E-state index in [0.29, 0.717) is 0 Å². The third-order valence-electron chi connectivity index (χ3n) is 2.13. The Balaban J connectivity index is 2.71. The topological polar surface area (TPSA) is 38.0 Å². The summed E-state index contributed by atoms with van der Waals surface area (Å²) < 4.78 is 1.93. The molecule has 0 aromatic carbocycles. The van der Waals surface area contributed by atoms with E-state index >= 15 is 0 Å². The Bertz CT molecular complexity index is 296. The maximum Gasteiger partial charge on any atom is 0.0644 e. The van der Waals surface area contributed by atoms with Gasteiger partial charge in [-0.25, -0.2) is 0 Å². The summed E-state index contributed by atoms with van der Waals surface area (Å²) in [6.07, 6.45) is 7.82. The van der Waals surface area contributed by atoms with Gasteiger partial charge in [0.2, 0.25) is 0 Å². The molecule has 0 amide bonds. The van der Waals surface area contributed by atoms with Gasteiger partial charge in [-0.1, -0.05) is 19.9 Å². The molecule has 0 aliphatic carbocycles. The largest absolute Gasteiger partial charge is 0.392 e. The number of rotatable bonds is 5. The minimum Gasteiger partial charge on any atom is -0.392 e. The van der Waals surface area contributed by atoms with Crippen LogP contribution < -0.4 is 0 Å². The van der Waals surface area contributed by atoms with Crippen LogP contribution in [0.1, 0.15) is 32.3 Å². The second-order valence-electron chi connectivity index (χ2n) is 3.35. The first-order chi connectivity index (χ1) is 6.80. The predicted molar refractivity (Wildman–Crippen MR) is 57.9 cm³/mol. The molecule has 1 heterocycles. The van der Waals surface area contributed by atoms with Crippen molar-refractivity contribution in [2.75, 3.05) is 6.61 Å². The molecule has 0 aliphatic rings. The first kappa shape index (κ1) is 11.0. The molecule has 1 aromatic heterocycles. The lowest BCUT2D eigenvalue weighted by Crippen LogP contribution is -1.95. The van der Waals surface area contributed by atoms with E-state index in [0.717, 1.165) is 30.5 Å². The van der Waals surface area contributed by atoms with E-state index in [4.69, 9.17) is 5.11 Å². The molecule has 0 saturated heterocycles. The summed E-state index contributed by atoms with van der Waals surface area (Å²) in [5, 5.41) is 13.2. The average Bonchev–Trinajstić information content (AvgIpc) is 2.63. The fraction of sp³-hybridized carbons (Fsp3) is 0.545. The number of aliphatic hydroxyl groups is 1. The molecule has 1 N–H and O–H groups in total. The summed E-state index contributed by atoms with van der Waals surface area (Å²) in [6.45, 7) is 5.25. The van der Waals surface area contributed by atoms with Crippen LogP contribution in [0, 0.1) is 0 Å². The molecule has 14 heavy (non-hydrogen) atoms. The minimum absolute atomic E-state index is 0.134. The number of hydrogen-bond acceptors (Lipinski definition) is 2. The van der Waals surface area contributed by atoms with Crippen molar-refractivity contribution in [3.8, 4) is 0 Å². The van der Waals surface area contributed by atoms with Gasteiger partial charge in [0.05, 0.1) is 12.8 Å². The van der Waals surface area contributed by atoms with Crippen LogP contribution in [-0.4, -0.2) is 21.5 Å². The Hall–Kier alpha value is -1.09. The van der Waals surface area contributed by atoms with Crippen LogP contribution >= 0.6 is 0 Å². The van der Waals surface area contributed by atoms with Crippen molar-refractivity contribution in [2.24, 2.45) is 0 Å². The Morgan fingerprint density at radius 1 is 1.57 bits per heavy atom. The molecule has 0 bridgehead atoms. The molecule has 3 nitrogen and oxygen atoms in total. The highest BCUT2D eigenvalue weighted by atomic mass is 16.3. The highest BCUT2D eigenvalue weighted by Crippen LogP contribution is 2.08. The van der Waals surface area contributed by atoms with E-state index in [1.165, 1.54) is 0 Å². The van der Waals surface area contributed by atoms with Crippen molar-refractivity contribution < 1.29 is 5.11 Å². The zero-order valence-corrected chi connectivity index (χ0v) is 8.90. The first-order valence-corrected chi connectivity index (χ1v) is 5.12. The third kappa shape index (κ3) is 3.00. The molecule has 0 spiro atoms. The van der Waals surface area contributed by atoms with Crippen LogP contribution in [-0.2, 0) is 6.54 Å². The van der Waals surface area contributed by atoms with Gasteiger partial charge >= 0.3 is 0 Å². The summed E-state index contributed by atoms with van der Waals surface area (Å²) in [7, 11) is 0. The molecule has 0 unspecified atom stereocenters. The highest BCUT2D eigenvalue weighted by molar-refractivity contribution is 5.50. The second kappa shape index (κ2) is 5.60. The monoisotopic (exact) mass is 194 g/mol. The number of hydrogen-bond donors (Lipinski definition) is 1. The predicted octanol–water partition coefficient (Wildman–Crippen LogP) is 2.08. The van der Waals surface area contributed by atoms with E-state index in [9.17, 15) is 0 Å². The van der Waals surface area contributed by atoms with Crippen LogP contribution in [0.3, 0.4) is 0 Å². The lowest BCUT2D eigenvalue weighted by molar-refractivity contribution is 0.329. The molecule has 0 radical (unpaired) electrons. The molecule has 0 aliphatic heterocycles. The van der Waals surface area contributed by atoms with Crippen molar-refractivity contribution in [1.82, 2.24) is 9.78 Å². The van der Waals surface area contributed by atoms with Gasteiger partial charge in [-0.2, -0.15) is 5.10 Å². The smallest absolute Gasteiger partial charge is 0.0644 e. The normalized spacial score (nSPS) is 12.1. The number of aryl methyl sites for hydroxylation is 1. The summed E-state index contributed by atoms with van der Waals surface area (Å²) in [5.41, 5.74) is 2.12. The quantitative estimate of drug-likeness (QED) is 0.779. The second-order valence-corrected chi connectivity index (χ2v) is 3.35. The molecule has 1 rings (SSSR count). The van der Waals surface area contributed by atoms with Crippen molar-refractivity contribution in [2.45, 2.75) is 33.2 Å². The Morgan fingerprint density at radius 3 is 2.93 bits per heavy atom. The average molecular weight is 194 g/mol. The molecule has 0 saturated carbocycles. The summed E-state index contributed by atoms with van der Waals surface area (Å²) in [4.78, 5) is 0. The maximum absolute atomic E-state index is 9.00. The van der Waals surface area contributed by atoms with E-state index < -0.39 is 0 Å². The number of aliphatic hydroxyl groups excluding tert-OH is 1. The fourth-order valence-corrected chi connectivity index (χ4v) is 1.30. The van der Waals surface area contributed by atoms with Crippen LogP contribution in [0.5, 0.6) is 0 Å². The van der Waals surface area contributed by atoms with Crippen LogP contribution in [0.25, 0.3) is 6.08 Å². The number of nitrogens with zero attached hydrogens (tertiary/aromatic N) is 2. The van der Waals surface area contributed by atoms with Gasteiger partial charge in [-0.05, 0) is 18.4 Å². The van der Waals surface area contributed by atoms with Crippen molar-refractivity contribution >= 4 is 6.08 Å². The Morgan fingerprint density at radius 2 is 2.36 bits per heavy atom. The Labute approximate surface area is 85.1 Å². The molecule has 78 valence electrons. The van der Waals surface area contributed by atoms with Gasteiger partial charge in [0.15, 0.2) is 0 Å². The van der Waals surface area contributed by atoms with Gasteiger partial charge in [-0.15, -0.1) is 0 Å². The van der Waals surface area contributed by atoms with Crippen LogP contribution in [0.2, 0.25) is 0 Å². The van der Waals surface area contributed by atoms with Gasteiger partial charge in [0.1, 0.15) is 0 Å². The van der Waals surface area contributed by atoms with Crippen molar-refractivity contribution in [3.63, 3.8) is 0 Å². The zero-order valence-electron chi connectivity index (χ0n) is 8.90. The summed E-state index contributed by atoms with van der Waals surface area (Å²) in [6, 6.07) is 0. The van der Waals surface area contributed by atoms with Gasteiger partial charge < -0.3 is 5.11 Å². The summed E-state index contributed by atoms with van der Waals surface area (Å²) in [5.74, 6) is 0. The van der Waals surface area contributed by atoms with E-state index in [-0.39, 0.29) is 6.61 Å². The standard InChI is InChI=1S/C11H18N2O/c1-3-5-13-8-11(7-12-13)6-10(4-2)9-14/h6-8,14H,3-5,9H2,1-2H3/b10-6-. The fourth-order valence-electron chi connectivity index (χ4n) is 1.30. The van der Waals surface area contributed by atoms with Crippen molar-refractivity contribution in [1.29, 1.82) is 0 Å². The molecule has 0 atom stereocenters. The van der Waals surface area contributed by atoms with Gasteiger partial charge in [0, 0.05) is 18.3 Å².